The number of nitrogens with zero attached hydrogens (tertiary/aromatic N) is 3. The fourth-order valence-electron chi connectivity index (χ4n) is 4.31. The lowest BCUT2D eigenvalue weighted by Gasteiger charge is -2.18. The molecule has 1 aromatic heterocycles. The van der Waals surface area contributed by atoms with Gasteiger partial charge in [-0.1, -0.05) is 36.4 Å². The van der Waals surface area contributed by atoms with Crippen molar-refractivity contribution in [2.45, 2.75) is 19.4 Å². The van der Waals surface area contributed by atoms with E-state index in [4.69, 9.17) is 0 Å². The van der Waals surface area contributed by atoms with Crippen molar-refractivity contribution < 1.29 is 18.8 Å². The quantitative estimate of drug-likeness (QED) is 0.523. The SMILES string of the molecule is O=C(CN1C(=O)S/C(=C\c2cn(Cc3ccccc3F)c3ccccc23)C1=O)N1CCCC1. The fraction of sp³-hybridized carbons (Fsp3) is 0.240. The average molecular weight is 464 g/mol. The van der Waals surface area contributed by atoms with Crippen molar-refractivity contribution in [1.82, 2.24) is 14.4 Å². The molecule has 0 unspecified atom stereocenters. The van der Waals surface area contributed by atoms with Gasteiger partial charge in [-0.15, -0.1) is 0 Å². The van der Waals surface area contributed by atoms with Gasteiger partial charge in [-0.3, -0.25) is 19.3 Å². The van der Waals surface area contributed by atoms with E-state index in [9.17, 15) is 18.8 Å². The van der Waals surface area contributed by atoms with Gasteiger partial charge in [0, 0.05) is 41.3 Å². The van der Waals surface area contributed by atoms with E-state index in [1.165, 1.54) is 6.07 Å². The zero-order valence-electron chi connectivity index (χ0n) is 17.9. The van der Waals surface area contributed by atoms with Gasteiger partial charge >= 0.3 is 0 Å². The second kappa shape index (κ2) is 8.86. The summed E-state index contributed by atoms with van der Waals surface area (Å²) < 4.78 is 16.1. The number of amides is 3. The van der Waals surface area contributed by atoms with Gasteiger partial charge in [0.05, 0.1) is 11.4 Å². The highest BCUT2D eigenvalue weighted by Crippen LogP contribution is 2.34. The number of carbonyl (C=O) groups excluding carboxylic acids is 3. The zero-order valence-corrected chi connectivity index (χ0v) is 18.7. The average Bonchev–Trinajstić information content (AvgIpc) is 3.52. The van der Waals surface area contributed by atoms with Gasteiger partial charge in [0.15, 0.2) is 0 Å². The molecule has 0 N–H and O–H groups in total. The first kappa shape index (κ1) is 21.5. The minimum Gasteiger partial charge on any atom is -0.342 e. The van der Waals surface area contributed by atoms with Crippen molar-refractivity contribution in [3.8, 4) is 0 Å². The largest absolute Gasteiger partial charge is 0.342 e. The summed E-state index contributed by atoms with van der Waals surface area (Å²) in [6.07, 6.45) is 5.45. The van der Waals surface area contributed by atoms with E-state index in [1.54, 1.807) is 29.2 Å². The third-order valence-electron chi connectivity index (χ3n) is 6.03. The van der Waals surface area contributed by atoms with Crippen LogP contribution in [0.2, 0.25) is 0 Å². The molecule has 0 bridgehead atoms. The smallest absolute Gasteiger partial charge is 0.294 e. The van der Waals surface area contributed by atoms with Crippen molar-refractivity contribution in [1.29, 1.82) is 0 Å². The van der Waals surface area contributed by atoms with E-state index in [1.807, 2.05) is 35.0 Å². The lowest BCUT2D eigenvalue weighted by molar-refractivity contribution is -0.135. The molecule has 2 saturated heterocycles. The number of carbonyl (C=O) groups is 3. The van der Waals surface area contributed by atoms with Gasteiger partial charge in [-0.05, 0) is 42.8 Å². The molecule has 0 radical (unpaired) electrons. The minimum atomic E-state index is -0.455. The Balaban J connectivity index is 1.43. The molecule has 0 spiro atoms. The Bertz CT molecular complexity index is 1290. The molecule has 3 amide bonds. The Hall–Kier alpha value is -3.39. The third kappa shape index (κ3) is 4.18. The molecular weight excluding hydrogens is 441 g/mol. The summed E-state index contributed by atoms with van der Waals surface area (Å²) in [5, 5.41) is 0.461. The Morgan fingerprint density at radius 1 is 1.03 bits per heavy atom. The van der Waals surface area contributed by atoms with Gasteiger partial charge in [0.2, 0.25) is 5.91 Å². The van der Waals surface area contributed by atoms with Crippen LogP contribution in [0.5, 0.6) is 0 Å². The van der Waals surface area contributed by atoms with Crippen LogP contribution >= 0.6 is 11.8 Å². The number of rotatable bonds is 5. The Morgan fingerprint density at radius 3 is 2.55 bits per heavy atom. The first-order valence-corrected chi connectivity index (χ1v) is 11.7. The van der Waals surface area contributed by atoms with Crippen molar-refractivity contribution in [2.24, 2.45) is 0 Å². The molecule has 0 aliphatic carbocycles. The van der Waals surface area contributed by atoms with Crippen LogP contribution < -0.4 is 0 Å². The maximum atomic E-state index is 14.2. The van der Waals surface area contributed by atoms with E-state index in [2.05, 4.69) is 0 Å². The number of likely N-dealkylation sites (tertiary alicyclic amines) is 1. The molecule has 0 saturated carbocycles. The lowest BCUT2D eigenvalue weighted by Crippen LogP contribution is -2.40. The number of aromatic nitrogens is 1. The van der Waals surface area contributed by atoms with E-state index >= 15 is 0 Å². The standard InChI is InChI=1S/C25H22FN3O3S/c26-20-9-3-1-7-17(20)14-28-15-18(19-8-2-4-10-21(19)28)13-22-24(31)29(25(32)33-22)16-23(30)27-11-5-6-12-27/h1-4,7-10,13,15H,5-6,11-12,14,16H2/b22-13-. The van der Waals surface area contributed by atoms with Crippen LogP contribution in [0.4, 0.5) is 9.18 Å². The summed E-state index contributed by atoms with van der Waals surface area (Å²) in [6, 6.07) is 14.3. The molecule has 6 nitrogen and oxygen atoms in total. The summed E-state index contributed by atoms with van der Waals surface area (Å²) in [5.74, 6) is -0.929. The second-order valence-electron chi connectivity index (χ2n) is 8.18. The van der Waals surface area contributed by atoms with E-state index in [0.717, 1.165) is 46.0 Å². The summed E-state index contributed by atoms with van der Waals surface area (Å²) in [4.78, 5) is 40.9. The summed E-state index contributed by atoms with van der Waals surface area (Å²) >= 11 is 0.844. The Morgan fingerprint density at radius 2 is 1.76 bits per heavy atom. The molecule has 3 heterocycles. The van der Waals surface area contributed by atoms with Gasteiger partial charge < -0.3 is 9.47 Å². The highest BCUT2D eigenvalue weighted by Gasteiger charge is 2.37. The third-order valence-corrected chi connectivity index (χ3v) is 6.94. The van der Waals surface area contributed by atoms with Crippen LogP contribution in [-0.2, 0) is 16.1 Å². The number of benzene rings is 2. The first-order chi connectivity index (χ1) is 16.0. The molecule has 5 rings (SSSR count). The molecule has 168 valence electrons. The monoisotopic (exact) mass is 463 g/mol. The maximum Gasteiger partial charge on any atom is 0.294 e. The Kier molecular flexibility index (Phi) is 5.76. The number of hydrogen-bond acceptors (Lipinski definition) is 4. The van der Waals surface area contributed by atoms with Gasteiger partial charge in [0.25, 0.3) is 11.1 Å². The van der Waals surface area contributed by atoms with E-state index in [-0.39, 0.29) is 23.2 Å². The van der Waals surface area contributed by atoms with Gasteiger partial charge in [-0.2, -0.15) is 0 Å². The van der Waals surface area contributed by atoms with Crippen molar-refractivity contribution in [2.75, 3.05) is 19.6 Å². The molecule has 33 heavy (non-hydrogen) atoms. The highest BCUT2D eigenvalue weighted by atomic mass is 32.2. The number of thioether (sulfide) groups is 1. The van der Waals surface area contributed by atoms with Crippen LogP contribution in [0.25, 0.3) is 17.0 Å². The number of halogens is 1. The molecule has 0 atom stereocenters. The summed E-state index contributed by atoms with van der Waals surface area (Å²) in [5.41, 5.74) is 2.22. The Labute approximate surface area is 194 Å². The normalized spacial score (nSPS) is 17.7. The van der Waals surface area contributed by atoms with Crippen LogP contribution in [0.3, 0.4) is 0 Å². The second-order valence-corrected chi connectivity index (χ2v) is 9.17. The molecular formula is C25H22FN3O3S. The first-order valence-electron chi connectivity index (χ1n) is 10.9. The fourth-order valence-corrected chi connectivity index (χ4v) is 5.14. The molecule has 2 fully saturated rings. The minimum absolute atomic E-state index is 0.197. The van der Waals surface area contributed by atoms with E-state index in [0.29, 0.717) is 25.2 Å². The van der Waals surface area contributed by atoms with Gasteiger partial charge in [0.1, 0.15) is 12.4 Å². The summed E-state index contributed by atoms with van der Waals surface area (Å²) in [6.45, 7) is 1.46. The molecule has 2 aromatic carbocycles. The highest BCUT2D eigenvalue weighted by molar-refractivity contribution is 8.18. The van der Waals surface area contributed by atoms with Crippen LogP contribution in [0.15, 0.2) is 59.6 Å². The number of para-hydroxylation sites is 1. The molecule has 8 heteroatoms. The molecule has 2 aliphatic heterocycles. The van der Waals surface area contributed by atoms with Crippen LogP contribution in [0.1, 0.15) is 24.0 Å². The number of hydrogen-bond donors (Lipinski definition) is 0. The van der Waals surface area contributed by atoms with Crippen molar-refractivity contribution >= 4 is 45.8 Å². The van der Waals surface area contributed by atoms with Crippen molar-refractivity contribution in [3.63, 3.8) is 0 Å². The lowest BCUT2D eigenvalue weighted by atomic mass is 10.1. The van der Waals surface area contributed by atoms with Gasteiger partial charge in [-0.25, -0.2) is 4.39 Å². The zero-order chi connectivity index (χ0) is 22.9. The number of imide groups is 1. The van der Waals surface area contributed by atoms with Crippen LogP contribution in [-0.4, -0.2) is 51.1 Å². The molecule has 2 aliphatic rings. The van der Waals surface area contributed by atoms with Crippen LogP contribution in [0, 0.1) is 5.82 Å². The van der Waals surface area contributed by atoms with E-state index < -0.39 is 11.1 Å². The maximum absolute atomic E-state index is 14.2. The molecule has 3 aromatic rings. The predicted octanol–water partition coefficient (Wildman–Crippen LogP) is 4.49. The summed E-state index contributed by atoms with van der Waals surface area (Å²) in [7, 11) is 0. The predicted molar refractivity (Wildman–Crippen MR) is 126 cm³/mol. The number of fused-ring (bicyclic) bond motifs is 1. The van der Waals surface area contributed by atoms with Crippen molar-refractivity contribution in [3.05, 3.63) is 76.6 Å². The topological polar surface area (TPSA) is 62.6 Å².